The maximum absolute atomic E-state index is 13.3. The molecule has 2 aromatic carbocycles. The van der Waals surface area contributed by atoms with Gasteiger partial charge in [0.25, 0.3) is 5.79 Å². The molecule has 31 heavy (non-hydrogen) atoms. The minimum atomic E-state index is -1.56. The van der Waals surface area contributed by atoms with Gasteiger partial charge in [-0.15, -0.1) is 12.3 Å². The van der Waals surface area contributed by atoms with Gasteiger partial charge < -0.3 is 9.47 Å². The van der Waals surface area contributed by atoms with Gasteiger partial charge in [-0.1, -0.05) is 85.0 Å². The Morgan fingerprint density at radius 2 is 1.42 bits per heavy atom. The van der Waals surface area contributed by atoms with Gasteiger partial charge in [-0.25, -0.2) is 0 Å². The van der Waals surface area contributed by atoms with Gasteiger partial charge in [-0.2, -0.15) is 0 Å². The van der Waals surface area contributed by atoms with E-state index in [-0.39, 0.29) is 12.8 Å². The standard InChI is InChI=1S/C27H26O4/c1-4-12-23(19-18-22-15-9-6-10-16-22)27(20-11-17-21-13-7-5-8-14-21)24(28)30-26(2,3)31-25(27)29/h1,5-11,13-19,23H,12,20H2,2-3H3/b17-11+,19-18+. The number of ether oxygens (including phenoxy) is 2. The Bertz CT molecular complexity index is 990. The molecular formula is C27H26O4. The van der Waals surface area contributed by atoms with Crippen LogP contribution in [0.25, 0.3) is 12.2 Å². The summed E-state index contributed by atoms with van der Waals surface area (Å²) in [4.78, 5) is 26.5. The minimum Gasteiger partial charge on any atom is -0.422 e. The Morgan fingerprint density at radius 3 is 1.94 bits per heavy atom. The van der Waals surface area contributed by atoms with Crippen molar-refractivity contribution in [1.29, 1.82) is 0 Å². The average molecular weight is 415 g/mol. The predicted octanol–water partition coefficient (Wildman–Crippen LogP) is 5.27. The third-order valence-corrected chi connectivity index (χ3v) is 5.25. The van der Waals surface area contributed by atoms with Crippen LogP contribution < -0.4 is 0 Å². The first-order chi connectivity index (χ1) is 14.9. The fourth-order valence-corrected chi connectivity index (χ4v) is 3.62. The molecule has 1 heterocycles. The molecule has 4 heteroatoms. The molecule has 1 saturated heterocycles. The Hall–Kier alpha value is -3.58. The minimum absolute atomic E-state index is 0.112. The lowest BCUT2D eigenvalue weighted by Crippen LogP contribution is -2.56. The third-order valence-electron chi connectivity index (χ3n) is 5.25. The maximum atomic E-state index is 13.3. The molecular weight excluding hydrogens is 388 g/mol. The summed E-state index contributed by atoms with van der Waals surface area (Å²) in [7, 11) is 0. The Labute approximate surface area is 183 Å². The average Bonchev–Trinajstić information content (AvgIpc) is 2.74. The van der Waals surface area contributed by atoms with Gasteiger partial charge in [0.05, 0.1) is 0 Å². The summed E-state index contributed by atoms with van der Waals surface area (Å²) in [6, 6.07) is 19.3. The number of benzene rings is 2. The number of carbonyl (C=O) groups excluding carboxylic acids is 2. The van der Waals surface area contributed by atoms with Crippen LogP contribution in [0.1, 0.15) is 37.8 Å². The van der Waals surface area contributed by atoms with Gasteiger partial charge in [-0.05, 0) is 17.5 Å². The highest BCUT2D eigenvalue weighted by Crippen LogP contribution is 2.44. The summed E-state index contributed by atoms with van der Waals surface area (Å²) in [5.74, 6) is -0.540. The van der Waals surface area contributed by atoms with Crippen molar-refractivity contribution in [2.75, 3.05) is 0 Å². The molecule has 0 amide bonds. The second-order valence-electron chi connectivity index (χ2n) is 7.95. The second kappa shape index (κ2) is 9.49. The van der Waals surface area contributed by atoms with Crippen LogP contribution in [0.2, 0.25) is 0 Å². The van der Waals surface area contributed by atoms with Gasteiger partial charge >= 0.3 is 11.9 Å². The number of cyclic esters (lactones) is 2. The number of rotatable bonds is 7. The highest BCUT2D eigenvalue weighted by Gasteiger charge is 2.59. The molecule has 1 fully saturated rings. The van der Waals surface area contributed by atoms with E-state index < -0.39 is 29.1 Å². The summed E-state index contributed by atoms with van der Waals surface area (Å²) in [5, 5.41) is 0. The van der Waals surface area contributed by atoms with Crippen LogP contribution in [0.3, 0.4) is 0 Å². The first-order valence-corrected chi connectivity index (χ1v) is 10.2. The first-order valence-electron chi connectivity index (χ1n) is 10.2. The smallest absolute Gasteiger partial charge is 0.327 e. The van der Waals surface area contributed by atoms with E-state index in [1.165, 1.54) is 0 Å². The molecule has 1 atom stereocenters. The van der Waals surface area contributed by atoms with Crippen molar-refractivity contribution >= 4 is 24.1 Å². The van der Waals surface area contributed by atoms with E-state index >= 15 is 0 Å². The highest BCUT2D eigenvalue weighted by atomic mass is 16.7. The maximum Gasteiger partial charge on any atom is 0.327 e. The molecule has 158 valence electrons. The monoisotopic (exact) mass is 414 g/mol. The lowest BCUT2D eigenvalue weighted by atomic mass is 9.70. The van der Waals surface area contributed by atoms with Gasteiger partial charge in [0.1, 0.15) is 0 Å². The number of esters is 2. The zero-order chi connectivity index (χ0) is 22.3. The van der Waals surface area contributed by atoms with Gasteiger partial charge in [0, 0.05) is 26.2 Å². The van der Waals surface area contributed by atoms with Crippen LogP contribution in [0.4, 0.5) is 0 Å². The van der Waals surface area contributed by atoms with Crippen molar-refractivity contribution in [1.82, 2.24) is 0 Å². The summed E-state index contributed by atoms with van der Waals surface area (Å²) in [5.41, 5.74) is 0.347. The van der Waals surface area contributed by atoms with Crippen molar-refractivity contribution < 1.29 is 19.1 Å². The fourth-order valence-electron chi connectivity index (χ4n) is 3.62. The summed E-state index contributed by atoms with van der Waals surface area (Å²) in [6.45, 7) is 3.09. The third kappa shape index (κ3) is 5.13. The van der Waals surface area contributed by atoms with Gasteiger partial charge in [0.2, 0.25) is 0 Å². The van der Waals surface area contributed by atoms with E-state index in [1.54, 1.807) is 19.9 Å². The number of carbonyl (C=O) groups is 2. The molecule has 0 saturated carbocycles. The number of hydrogen-bond donors (Lipinski definition) is 0. The molecule has 0 aliphatic carbocycles. The molecule has 0 bridgehead atoms. The van der Waals surface area contributed by atoms with Crippen LogP contribution in [-0.4, -0.2) is 17.7 Å². The quantitative estimate of drug-likeness (QED) is 0.352. The lowest BCUT2D eigenvalue weighted by molar-refractivity contribution is -0.253. The van der Waals surface area contributed by atoms with Crippen molar-refractivity contribution in [2.24, 2.45) is 11.3 Å². The molecule has 4 nitrogen and oxygen atoms in total. The van der Waals surface area contributed by atoms with E-state index in [9.17, 15) is 9.59 Å². The van der Waals surface area contributed by atoms with Gasteiger partial charge in [-0.3, -0.25) is 9.59 Å². The Kier molecular flexibility index (Phi) is 6.77. The van der Waals surface area contributed by atoms with Crippen LogP contribution in [0, 0.1) is 23.7 Å². The largest absolute Gasteiger partial charge is 0.422 e. The summed E-state index contributed by atoms with van der Waals surface area (Å²) in [6.07, 6.45) is 13.3. The molecule has 0 aromatic heterocycles. The molecule has 2 aromatic rings. The second-order valence-corrected chi connectivity index (χ2v) is 7.95. The van der Waals surface area contributed by atoms with Crippen molar-refractivity contribution in [2.45, 2.75) is 32.5 Å². The molecule has 1 unspecified atom stereocenters. The fraction of sp³-hybridized carbons (Fsp3) is 0.259. The summed E-state index contributed by atoms with van der Waals surface area (Å²) < 4.78 is 11.0. The zero-order valence-electron chi connectivity index (χ0n) is 17.8. The van der Waals surface area contributed by atoms with Crippen molar-refractivity contribution in [3.8, 4) is 12.3 Å². The van der Waals surface area contributed by atoms with E-state index in [0.717, 1.165) is 11.1 Å². The van der Waals surface area contributed by atoms with Crippen LogP contribution in [0.15, 0.2) is 72.8 Å². The van der Waals surface area contributed by atoms with Crippen molar-refractivity contribution in [3.63, 3.8) is 0 Å². The van der Waals surface area contributed by atoms with E-state index in [4.69, 9.17) is 15.9 Å². The molecule has 1 aliphatic rings. The van der Waals surface area contributed by atoms with Crippen LogP contribution in [0.5, 0.6) is 0 Å². The van der Waals surface area contributed by atoms with Crippen LogP contribution >= 0.6 is 0 Å². The molecule has 3 rings (SSSR count). The van der Waals surface area contributed by atoms with E-state index in [1.807, 2.05) is 78.9 Å². The molecule has 0 radical (unpaired) electrons. The van der Waals surface area contributed by atoms with E-state index in [0.29, 0.717) is 0 Å². The zero-order valence-corrected chi connectivity index (χ0v) is 17.8. The number of allylic oxidation sites excluding steroid dienone is 2. The topological polar surface area (TPSA) is 52.6 Å². The van der Waals surface area contributed by atoms with E-state index in [2.05, 4.69) is 5.92 Å². The lowest BCUT2D eigenvalue weighted by Gasteiger charge is -2.42. The molecule has 1 aliphatic heterocycles. The van der Waals surface area contributed by atoms with Crippen molar-refractivity contribution in [3.05, 3.63) is 83.9 Å². The first kappa shape index (κ1) is 22.1. The highest BCUT2D eigenvalue weighted by molar-refractivity contribution is 6.02. The molecule has 0 N–H and O–H groups in total. The number of terminal acetylenes is 1. The Balaban J connectivity index is 1.99. The van der Waals surface area contributed by atoms with Crippen LogP contribution in [-0.2, 0) is 19.1 Å². The number of hydrogen-bond acceptors (Lipinski definition) is 4. The van der Waals surface area contributed by atoms with Gasteiger partial charge in [0.15, 0.2) is 5.41 Å². The normalized spacial score (nSPS) is 18.4. The Morgan fingerprint density at radius 1 is 0.903 bits per heavy atom. The predicted molar refractivity (Wildman–Crippen MR) is 121 cm³/mol. The molecule has 0 spiro atoms. The summed E-state index contributed by atoms with van der Waals surface area (Å²) >= 11 is 0. The SMILES string of the molecule is C#CCC(/C=C/c1ccccc1)C1(C/C=C/c2ccccc2)C(=O)OC(C)(C)OC1=O.